The molecule has 0 spiro atoms. The molecule has 21 heavy (non-hydrogen) atoms. The van der Waals surface area contributed by atoms with Gasteiger partial charge in [0, 0.05) is 13.1 Å². The summed E-state index contributed by atoms with van der Waals surface area (Å²) in [4.78, 5) is 0.337. The van der Waals surface area contributed by atoms with Gasteiger partial charge in [0.2, 0.25) is 10.0 Å². The zero-order valence-electron chi connectivity index (χ0n) is 12.2. The van der Waals surface area contributed by atoms with Crippen LogP contribution in [0.3, 0.4) is 0 Å². The van der Waals surface area contributed by atoms with E-state index in [0.29, 0.717) is 23.8 Å². The minimum Gasteiger partial charge on any atom is -0.313 e. The molecule has 1 aliphatic rings. The van der Waals surface area contributed by atoms with Gasteiger partial charge in [0.05, 0.1) is 11.4 Å². The lowest BCUT2D eigenvalue weighted by atomic mass is 10.2. The highest BCUT2D eigenvalue weighted by Gasteiger charge is 2.29. The van der Waals surface area contributed by atoms with Crippen LogP contribution in [0.5, 0.6) is 0 Å². The number of fused-ring (bicyclic) bond motifs is 1. The van der Waals surface area contributed by atoms with Crippen LogP contribution in [0.25, 0.3) is 0 Å². The first kappa shape index (κ1) is 14.2. The Balaban J connectivity index is 1.89. The summed E-state index contributed by atoms with van der Waals surface area (Å²) in [6, 6.07) is 7.09. The van der Waals surface area contributed by atoms with Gasteiger partial charge in [-0.05, 0) is 31.0 Å². The molecular weight excluding hydrogens is 288 g/mol. The van der Waals surface area contributed by atoms with Gasteiger partial charge in [-0.1, -0.05) is 19.1 Å². The van der Waals surface area contributed by atoms with Crippen LogP contribution < -0.4 is 0 Å². The van der Waals surface area contributed by atoms with Gasteiger partial charge in [-0.3, -0.25) is 0 Å². The summed E-state index contributed by atoms with van der Waals surface area (Å²) in [7, 11) is -3.47. The number of hydrogen-bond acceptors (Lipinski definition) is 4. The number of aromatic nitrogens is 3. The third-order valence-electron chi connectivity index (χ3n) is 3.87. The molecule has 0 radical (unpaired) electrons. The van der Waals surface area contributed by atoms with Gasteiger partial charge in [-0.25, -0.2) is 8.42 Å². The maximum Gasteiger partial charge on any atom is 0.243 e. The van der Waals surface area contributed by atoms with E-state index in [1.165, 1.54) is 4.31 Å². The van der Waals surface area contributed by atoms with Gasteiger partial charge >= 0.3 is 0 Å². The quantitative estimate of drug-likeness (QED) is 0.858. The van der Waals surface area contributed by atoms with Gasteiger partial charge in [-0.15, -0.1) is 10.2 Å². The highest BCUT2D eigenvalue weighted by molar-refractivity contribution is 7.89. The van der Waals surface area contributed by atoms with E-state index in [-0.39, 0.29) is 6.54 Å². The molecule has 0 N–H and O–H groups in total. The van der Waals surface area contributed by atoms with Gasteiger partial charge < -0.3 is 4.57 Å². The van der Waals surface area contributed by atoms with Crippen molar-refractivity contribution >= 4 is 10.0 Å². The van der Waals surface area contributed by atoms with Crippen LogP contribution in [0.15, 0.2) is 29.2 Å². The molecule has 2 heterocycles. The van der Waals surface area contributed by atoms with Crippen molar-refractivity contribution in [2.24, 2.45) is 0 Å². The molecule has 1 aromatic carbocycles. The van der Waals surface area contributed by atoms with Crippen molar-refractivity contribution in [3.05, 3.63) is 41.5 Å². The van der Waals surface area contributed by atoms with Crippen LogP contribution >= 0.6 is 0 Å². The number of hydrogen-bond donors (Lipinski definition) is 0. The summed E-state index contributed by atoms with van der Waals surface area (Å²) in [6.45, 7) is 5.25. The molecule has 1 aromatic heterocycles. The van der Waals surface area contributed by atoms with Crippen molar-refractivity contribution in [1.82, 2.24) is 19.1 Å². The Morgan fingerprint density at radius 2 is 1.86 bits per heavy atom. The molecule has 0 fully saturated rings. The molecule has 3 rings (SSSR count). The monoisotopic (exact) mass is 306 g/mol. The zero-order valence-corrected chi connectivity index (χ0v) is 13.0. The van der Waals surface area contributed by atoms with E-state index < -0.39 is 10.0 Å². The number of nitrogens with zero attached hydrogens (tertiary/aromatic N) is 4. The SMILES string of the molecule is CCc1ccc(S(=O)(=O)N2CCn3c(C)nnc3C2)cc1. The van der Waals surface area contributed by atoms with Crippen molar-refractivity contribution < 1.29 is 8.42 Å². The van der Waals surface area contributed by atoms with Crippen LogP contribution in [0.2, 0.25) is 0 Å². The van der Waals surface area contributed by atoms with E-state index in [1.54, 1.807) is 12.1 Å². The molecule has 1 aliphatic heterocycles. The third kappa shape index (κ3) is 2.47. The fourth-order valence-corrected chi connectivity index (χ4v) is 3.92. The lowest BCUT2D eigenvalue weighted by molar-refractivity contribution is 0.333. The number of rotatable bonds is 3. The van der Waals surface area contributed by atoms with E-state index in [4.69, 9.17) is 0 Å². The number of benzene rings is 1. The minimum atomic E-state index is -3.47. The van der Waals surface area contributed by atoms with E-state index in [0.717, 1.165) is 17.8 Å². The zero-order chi connectivity index (χ0) is 15.0. The van der Waals surface area contributed by atoms with Crippen molar-refractivity contribution in [2.45, 2.75) is 38.3 Å². The summed E-state index contributed by atoms with van der Waals surface area (Å²) in [5.74, 6) is 1.53. The molecule has 0 atom stereocenters. The molecule has 0 aliphatic carbocycles. The first-order valence-electron chi connectivity index (χ1n) is 7.00. The highest BCUT2D eigenvalue weighted by atomic mass is 32.2. The average Bonchev–Trinajstić information content (AvgIpc) is 2.88. The Hall–Kier alpha value is -1.73. The smallest absolute Gasteiger partial charge is 0.243 e. The van der Waals surface area contributed by atoms with Crippen LogP contribution in [-0.2, 0) is 29.5 Å². The van der Waals surface area contributed by atoms with E-state index in [2.05, 4.69) is 10.2 Å². The highest BCUT2D eigenvalue weighted by Crippen LogP contribution is 2.21. The van der Waals surface area contributed by atoms with Crippen LogP contribution in [0, 0.1) is 6.92 Å². The molecule has 0 saturated carbocycles. The minimum absolute atomic E-state index is 0.276. The van der Waals surface area contributed by atoms with Crippen molar-refractivity contribution in [1.29, 1.82) is 0 Å². The molecule has 7 heteroatoms. The largest absolute Gasteiger partial charge is 0.313 e. The molecule has 112 valence electrons. The Bertz CT molecular complexity index is 750. The Kier molecular flexibility index (Phi) is 3.54. The fourth-order valence-electron chi connectivity index (χ4n) is 2.53. The van der Waals surface area contributed by atoms with Gasteiger partial charge in [0.15, 0.2) is 0 Å². The lowest BCUT2D eigenvalue weighted by Gasteiger charge is -2.26. The summed E-state index contributed by atoms with van der Waals surface area (Å²) in [5, 5.41) is 8.05. The molecule has 0 amide bonds. The van der Waals surface area contributed by atoms with Crippen LogP contribution in [-0.4, -0.2) is 34.0 Å². The molecule has 2 aromatic rings. The van der Waals surface area contributed by atoms with E-state index in [9.17, 15) is 8.42 Å². The molecular formula is C14H18N4O2S. The van der Waals surface area contributed by atoms with Gasteiger partial charge in [0.25, 0.3) is 0 Å². The molecule has 6 nitrogen and oxygen atoms in total. The maximum absolute atomic E-state index is 12.7. The average molecular weight is 306 g/mol. The Labute approximate surface area is 124 Å². The molecule has 0 unspecified atom stereocenters. The number of sulfonamides is 1. The summed E-state index contributed by atoms with van der Waals surface area (Å²) in [6.07, 6.45) is 0.895. The number of aryl methyl sites for hydroxylation is 2. The first-order valence-corrected chi connectivity index (χ1v) is 8.44. The first-order chi connectivity index (χ1) is 10.0. The summed E-state index contributed by atoms with van der Waals surface area (Å²) >= 11 is 0. The topological polar surface area (TPSA) is 68.1 Å². The van der Waals surface area contributed by atoms with E-state index >= 15 is 0 Å². The van der Waals surface area contributed by atoms with Crippen molar-refractivity contribution in [3.8, 4) is 0 Å². The van der Waals surface area contributed by atoms with Gasteiger partial charge in [0.1, 0.15) is 11.6 Å². The van der Waals surface area contributed by atoms with E-state index in [1.807, 2.05) is 30.5 Å². The van der Waals surface area contributed by atoms with Gasteiger partial charge in [-0.2, -0.15) is 4.31 Å². The normalized spacial score (nSPS) is 15.9. The summed E-state index contributed by atoms with van der Waals surface area (Å²) < 4.78 is 28.8. The molecule has 0 bridgehead atoms. The van der Waals surface area contributed by atoms with Crippen molar-refractivity contribution in [2.75, 3.05) is 6.54 Å². The Morgan fingerprint density at radius 1 is 1.14 bits per heavy atom. The second kappa shape index (κ2) is 5.23. The standard InChI is InChI=1S/C14H18N4O2S/c1-3-12-4-6-13(7-5-12)21(19,20)17-8-9-18-11(2)15-16-14(18)10-17/h4-7H,3,8-10H2,1-2H3. The second-order valence-electron chi connectivity index (χ2n) is 5.15. The fraction of sp³-hybridized carbons (Fsp3) is 0.429. The predicted molar refractivity (Wildman–Crippen MR) is 78.2 cm³/mol. The van der Waals surface area contributed by atoms with Crippen molar-refractivity contribution in [3.63, 3.8) is 0 Å². The summed E-state index contributed by atoms with van der Waals surface area (Å²) in [5.41, 5.74) is 1.13. The third-order valence-corrected chi connectivity index (χ3v) is 5.73. The maximum atomic E-state index is 12.7. The Morgan fingerprint density at radius 3 is 2.52 bits per heavy atom. The van der Waals surface area contributed by atoms with Crippen LogP contribution in [0.1, 0.15) is 24.1 Å². The second-order valence-corrected chi connectivity index (χ2v) is 7.09. The molecule has 0 saturated heterocycles. The van der Waals surface area contributed by atoms with Crippen LogP contribution in [0.4, 0.5) is 0 Å². The predicted octanol–water partition coefficient (Wildman–Crippen LogP) is 1.35. The lowest BCUT2D eigenvalue weighted by Crippen LogP contribution is -2.38.